The molecule has 15 heavy (non-hydrogen) atoms. The predicted octanol–water partition coefficient (Wildman–Crippen LogP) is 2.75. The molecule has 1 rings (SSSR count). The summed E-state index contributed by atoms with van der Waals surface area (Å²) in [4.78, 5) is 10.3. The summed E-state index contributed by atoms with van der Waals surface area (Å²) in [5.74, 6) is -5.34. The molecule has 1 aromatic carbocycles. The normalized spacial score (nSPS) is 12.3. The van der Waals surface area contributed by atoms with Crippen LogP contribution in [0.4, 0.5) is 13.2 Å². The Morgan fingerprint density at radius 2 is 1.87 bits per heavy atom. The van der Waals surface area contributed by atoms with Crippen molar-refractivity contribution >= 4 is 11.5 Å². The number of halogens is 3. The fourth-order valence-electron chi connectivity index (χ4n) is 1.02. The van der Waals surface area contributed by atoms with Gasteiger partial charge in [0.05, 0.1) is 0 Å². The molecule has 0 saturated carbocycles. The summed E-state index contributed by atoms with van der Waals surface area (Å²) in [6.45, 7) is 1.18. The van der Waals surface area contributed by atoms with Crippen LogP contribution in [0, 0.1) is 11.6 Å². The Hall–Kier alpha value is -1.78. The fraction of sp³-hybridized carbons (Fsp3) is 0.100. The summed E-state index contributed by atoms with van der Waals surface area (Å²) in [6.07, 6.45) is 0. The Morgan fingerprint density at radius 1 is 1.27 bits per heavy atom. The van der Waals surface area contributed by atoms with Gasteiger partial charge in [0, 0.05) is 0 Å². The van der Waals surface area contributed by atoms with Gasteiger partial charge in [-0.15, -0.1) is 0 Å². The number of hydrogen-bond acceptors (Lipinski definition) is 1. The van der Waals surface area contributed by atoms with Crippen LogP contribution < -0.4 is 0 Å². The van der Waals surface area contributed by atoms with Gasteiger partial charge in [-0.05, 0) is 30.2 Å². The van der Waals surface area contributed by atoms with Crippen LogP contribution in [-0.2, 0) is 4.79 Å². The maximum Gasteiger partial charge on any atom is 0.365 e. The third-order valence-corrected chi connectivity index (χ3v) is 1.87. The second-order valence-corrected chi connectivity index (χ2v) is 2.87. The molecule has 0 amide bonds. The van der Waals surface area contributed by atoms with E-state index in [-0.39, 0.29) is 11.1 Å². The van der Waals surface area contributed by atoms with E-state index in [4.69, 9.17) is 5.11 Å². The van der Waals surface area contributed by atoms with Gasteiger partial charge in [0.1, 0.15) is 0 Å². The van der Waals surface area contributed by atoms with Crippen LogP contribution in [0.15, 0.2) is 24.0 Å². The number of rotatable bonds is 2. The Labute approximate surface area is 83.7 Å². The van der Waals surface area contributed by atoms with Crippen molar-refractivity contribution in [3.63, 3.8) is 0 Å². The lowest BCUT2D eigenvalue weighted by atomic mass is 10.1. The second-order valence-electron chi connectivity index (χ2n) is 2.87. The molecule has 5 heteroatoms. The number of carboxylic acids is 1. The van der Waals surface area contributed by atoms with Crippen molar-refractivity contribution < 1.29 is 23.1 Å². The maximum atomic E-state index is 12.9. The minimum absolute atomic E-state index is 0.00574. The lowest BCUT2D eigenvalue weighted by molar-refractivity contribution is -0.134. The van der Waals surface area contributed by atoms with Gasteiger partial charge in [0.25, 0.3) is 0 Å². The van der Waals surface area contributed by atoms with Crippen LogP contribution in [0.2, 0.25) is 0 Å². The molecule has 0 fully saturated rings. The molecule has 0 bridgehead atoms. The van der Waals surface area contributed by atoms with Crippen molar-refractivity contribution in [2.75, 3.05) is 0 Å². The first-order valence-corrected chi connectivity index (χ1v) is 3.98. The Bertz CT molecular complexity index is 438. The van der Waals surface area contributed by atoms with Gasteiger partial charge in [-0.25, -0.2) is 13.6 Å². The minimum Gasteiger partial charge on any atom is -0.476 e. The number of aliphatic carboxylic acids is 1. The molecule has 0 aliphatic heterocycles. The van der Waals surface area contributed by atoms with E-state index in [0.29, 0.717) is 0 Å². The topological polar surface area (TPSA) is 37.3 Å². The maximum absolute atomic E-state index is 12.9. The average Bonchev–Trinajstić information content (AvgIpc) is 2.19. The zero-order valence-corrected chi connectivity index (χ0v) is 7.72. The Kier molecular flexibility index (Phi) is 3.14. The van der Waals surface area contributed by atoms with Gasteiger partial charge in [-0.2, -0.15) is 4.39 Å². The van der Waals surface area contributed by atoms with Crippen molar-refractivity contribution in [1.29, 1.82) is 0 Å². The Morgan fingerprint density at radius 3 is 2.33 bits per heavy atom. The third kappa shape index (κ3) is 2.37. The van der Waals surface area contributed by atoms with Crippen molar-refractivity contribution in [1.82, 2.24) is 0 Å². The molecule has 0 heterocycles. The summed E-state index contributed by atoms with van der Waals surface area (Å²) in [7, 11) is 0. The summed E-state index contributed by atoms with van der Waals surface area (Å²) in [5, 5.41) is 8.34. The molecule has 0 radical (unpaired) electrons. The highest BCUT2D eigenvalue weighted by Gasteiger charge is 2.13. The van der Waals surface area contributed by atoms with Crippen LogP contribution in [-0.4, -0.2) is 11.1 Å². The molecule has 1 aromatic rings. The molecule has 0 aliphatic carbocycles. The SMILES string of the molecule is C/C(=C(/F)C(=O)O)c1ccc(F)c(F)c1. The third-order valence-electron chi connectivity index (χ3n) is 1.87. The first-order chi connectivity index (χ1) is 6.93. The lowest BCUT2D eigenvalue weighted by Crippen LogP contribution is -1.98. The first kappa shape index (κ1) is 11.3. The Balaban J connectivity index is 3.23. The van der Waals surface area contributed by atoms with E-state index in [9.17, 15) is 18.0 Å². The van der Waals surface area contributed by atoms with E-state index < -0.39 is 23.4 Å². The van der Waals surface area contributed by atoms with Gasteiger partial charge in [0.15, 0.2) is 11.6 Å². The number of hydrogen-bond donors (Lipinski definition) is 1. The van der Waals surface area contributed by atoms with Crippen LogP contribution in [0.1, 0.15) is 12.5 Å². The van der Waals surface area contributed by atoms with E-state index in [1.165, 1.54) is 6.92 Å². The summed E-state index contributed by atoms with van der Waals surface area (Å²) < 4.78 is 38.2. The smallest absolute Gasteiger partial charge is 0.365 e. The first-order valence-electron chi connectivity index (χ1n) is 3.98. The van der Waals surface area contributed by atoms with Crippen LogP contribution >= 0.6 is 0 Å². The number of carbonyl (C=O) groups is 1. The van der Waals surface area contributed by atoms with Crippen LogP contribution in [0.25, 0.3) is 5.57 Å². The molecule has 80 valence electrons. The van der Waals surface area contributed by atoms with E-state index in [2.05, 4.69) is 0 Å². The van der Waals surface area contributed by atoms with Gasteiger partial charge < -0.3 is 5.11 Å². The van der Waals surface area contributed by atoms with E-state index in [1.807, 2.05) is 0 Å². The van der Waals surface area contributed by atoms with Crippen LogP contribution in [0.5, 0.6) is 0 Å². The van der Waals surface area contributed by atoms with E-state index in [1.54, 1.807) is 0 Å². The van der Waals surface area contributed by atoms with Gasteiger partial charge >= 0.3 is 5.97 Å². The highest BCUT2D eigenvalue weighted by molar-refractivity contribution is 5.93. The van der Waals surface area contributed by atoms with Crippen molar-refractivity contribution in [2.24, 2.45) is 0 Å². The summed E-state index contributed by atoms with van der Waals surface area (Å²) in [5.41, 5.74) is -0.254. The predicted molar refractivity (Wildman–Crippen MR) is 47.7 cm³/mol. The zero-order valence-electron chi connectivity index (χ0n) is 7.72. The highest BCUT2D eigenvalue weighted by Crippen LogP contribution is 2.21. The highest BCUT2D eigenvalue weighted by atomic mass is 19.2. The van der Waals surface area contributed by atoms with Crippen molar-refractivity contribution in [3.8, 4) is 0 Å². The molecule has 0 atom stereocenters. The average molecular weight is 216 g/mol. The summed E-state index contributed by atoms with van der Waals surface area (Å²) in [6, 6.07) is 2.66. The van der Waals surface area contributed by atoms with Gasteiger partial charge in [0.2, 0.25) is 5.83 Å². The number of allylic oxidation sites excluding steroid dienone is 1. The zero-order chi connectivity index (χ0) is 11.6. The number of benzene rings is 1. The van der Waals surface area contributed by atoms with Crippen LogP contribution in [0.3, 0.4) is 0 Å². The molecule has 0 saturated heterocycles. The molecule has 0 unspecified atom stereocenters. The minimum atomic E-state index is -1.74. The quantitative estimate of drug-likeness (QED) is 0.772. The molecule has 0 aromatic heterocycles. The second kappa shape index (κ2) is 4.16. The van der Waals surface area contributed by atoms with Gasteiger partial charge in [-0.3, -0.25) is 0 Å². The van der Waals surface area contributed by atoms with Gasteiger partial charge in [-0.1, -0.05) is 6.07 Å². The molecule has 1 N–H and O–H groups in total. The van der Waals surface area contributed by atoms with E-state index in [0.717, 1.165) is 18.2 Å². The lowest BCUT2D eigenvalue weighted by Gasteiger charge is -2.02. The molecule has 0 spiro atoms. The standard InChI is InChI=1S/C10H7F3O2/c1-5(9(13)10(14)15)6-2-3-7(11)8(12)4-6/h2-4H,1H3,(H,14,15)/b9-5-. The largest absolute Gasteiger partial charge is 0.476 e. The molecule has 0 aliphatic rings. The molecule has 2 nitrogen and oxygen atoms in total. The molecular formula is C10H7F3O2. The monoisotopic (exact) mass is 216 g/mol. The van der Waals surface area contributed by atoms with Crippen molar-refractivity contribution in [2.45, 2.75) is 6.92 Å². The van der Waals surface area contributed by atoms with Crippen molar-refractivity contribution in [3.05, 3.63) is 41.2 Å². The molecular weight excluding hydrogens is 209 g/mol. The van der Waals surface area contributed by atoms with E-state index >= 15 is 0 Å². The fourth-order valence-corrected chi connectivity index (χ4v) is 1.02. The number of carboxylic acid groups (broad SMARTS) is 1. The summed E-state index contributed by atoms with van der Waals surface area (Å²) >= 11 is 0.